The van der Waals surface area contributed by atoms with Crippen molar-refractivity contribution in [3.63, 3.8) is 0 Å². The Balaban J connectivity index is 2.45. The van der Waals surface area contributed by atoms with Crippen molar-refractivity contribution >= 4 is 27.5 Å². The van der Waals surface area contributed by atoms with Crippen LogP contribution in [-0.4, -0.2) is 18.7 Å². The second-order valence-corrected chi connectivity index (χ2v) is 6.54. The Morgan fingerprint density at radius 2 is 2.11 bits per heavy atom. The summed E-state index contributed by atoms with van der Waals surface area (Å²) in [5.74, 6) is 0.669. The Kier molecular flexibility index (Phi) is 5.70. The molecule has 0 fully saturated rings. The molecule has 0 unspecified atom stereocenters. The summed E-state index contributed by atoms with van der Waals surface area (Å²) in [6.45, 7) is 11.5. The average molecular weight is 333 g/mol. The van der Waals surface area contributed by atoms with E-state index in [-0.39, 0.29) is 5.54 Å². The van der Waals surface area contributed by atoms with Crippen LogP contribution in [0.5, 0.6) is 5.75 Å². The van der Waals surface area contributed by atoms with Gasteiger partial charge in [0.05, 0.1) is 5.02 Å². The van der Waals surface area contributed by atoms with Gasteiger partial charge in [-0.1, -0.05) is 34.1 Å². The van der Waals surface area contributed by atoms with Crippen molar-refractivity contribution in [1.82, 2.24) is 5.32 Å². The molecule has 0 heterocycles. The third-order valence-corrected chi connectivity index (χ3v) is 3.00. The van der Waals surface area contributed by atoms with Crippen LogP contribution in [0.4, 0.5) is 0 Å². The highest BCUT2D eigenvalue weighted by Crippen LogP contribution is 2.28. The summed E-state index contributed by atoms with van der Waals surface area (Å²) in [6, 6.07) is 5.54. The maximum absolute atomic E-state index is 6.04. The first-order valence-electron chi connectivity index (χ1n) is 5.77. The quantitative estimate of drug-likeness (QED) is 0.806. The number of hydrogen-bond donors (Lipinski definition) is 1. The molecule has 0 spiro atoms. The first-order valence-corrected chi connectivity index (χ1v) is 6.94. The summed E-state index contributed by atoms with van der Waals surface area (Å²) in [6.07, 6.45) is 0. The average Bonchev–Trinajstić information content (AvgIpc) is 2.26. The first-order chi connectivity index (χ1) is 8.28. The number of hydrogen-bond acceptors (Lipinski definition) is 2. The highest BCUT2D eigenvalue weighted by atomic mass is 79.9. The fourth-order valence-corrected chi connectivity index (χ4v) is 1.72. The van der Waals surface area contributed by atoms with Crippen molar-refractivity contribution in [2.75, 3.05) is 13.2 Å². The molecular weight excluding hydrogens is 314 g/mol. The molecule has 2 nitrogen and oxygen atoms in total. The number of benzene rings is 1. The van der Waals surface area contributed by atoms with E-state index < -0.39 is 0 Å². The van der Waals surface area contributed by atoms with Gasteiger partial charge in [-0.25, -0.2) is 0 Å². The molecule has 100 valence electrons. The van der Waals surface area contributed by atoms with Gasteiger partial charge in [-0.3, -0.25) is 0 Å². The van der Waals surface area contributed by atoms with Crippen LogP contribution >= 0.6 is 27.5 Å². The first kappa shape index (κ1) is 15.5. The van der Waals surface area contributed by atoms with E-state index in [0.29, 0.717) is 17.4 Å². The van der Waals surface area contributed by atoms with Gasteiger partial charge in [-0.05, 0) is 44.5 Å². The van der Waals surface area contributed by atoms with Crippen molar-refractivity contribution in [3.05, 3.63) is 39.8 Å². The number of halogens is 2. The molecule has 0 aliphatic carbocycles. The molecule has 0 atom stereocenters. The zero-order valence-corrected chi connectivity index (χ0v) is 13.4. The third kappa shape index (κ3) is 5.89. The Morgan fingerprint density at radius 1 is 1.44 bits per heavy atom. The lowest BCUT2D eigenvalue weighted by Gasteiger charge is -2.21. The summed E-state index contributed by atoms with van der Waals surface area (Å²) in [7, 11) is 0. The van der Waals surface area contributed by atoms with Crippen LogP contribution in [0.25, 0.3) is 0 Å². The van der Waals surface area contributed by atoms with E-state index in [1.54, 1.807) is 6.07 Å². The molecule has 0 aliphatic rings. The van der Waals surface area contributed by atoms with Gasteiger partial charge in [0.15, 0.2) is 0 Å². The van der Waals surface area contributed by atoms with Gasteiger partial charge < -0.3 is 10.1 Å². The minimum absolute atomic E-state index is 0.0797. The highest BCUT2D eigenvalue weighted by Gasteiger charge is 2.09. The Morgan fingerprint density at radius 3 is 2.72 bits per heavy atom. The summed E-state index contributed by atoms with van der Waals surface area (Å²) in [5, 5.41) is 3.97. The Hall–Kier alpha value is -0.510. The van der Waals surface area contributed by atoms with Gasteiger partial charge in [0, 0.05) is 16.6 Å². The van der Waals surface area contributed by atoms with Crippen LogP contribution in [-0.2, 0) is 0 Å². The molecule has 0 bridgehead atoms. The van der Waals surface area contributed by atoms with E-state index in [1.807, 2.05) is 12.1 Å². The molecule has 0 radical (unpaired) electrons. The van der Waals surface area contributed by atoms with Crippen molar-refractivity contribution in [3.8, 4) is 5.75 Å². The predicted octanol–water partition coefficient (Wildman–Crippen LogP) is 4.43. The molecule has 1 aromatic carbocycles. The number of rotatable bonds is 5. The number of ether oxygens (including phenoxy) is 1. The largest absolute Gasteiger partial charge is 0.488 e. The van der Waals surface area contributed by atoms with Gasteiger partial charge in [-0.15, -0.1) is 0 Å². The normalized spacial score (nSPS) is 11.4. The van der Waals surface area contributed by atoms with Crippen LogP contribution in [0, 0.1) is 0 Å². The van der Waals surface area contributed by atoms with Crippen molar-refractivity contribution < 1.29 is 4.74 Å². The molecule has 1 N–H and O–H groups in total. The van der Waals surface area contributed by atoms with Gasteiger partial charge in [0.1, 0.15) is 12.4 Å². The fourth-order valence-electron chi connectivity index (χ4n) is 1.21. The van der Waals surface area contributed by atoms with Crippen molar-refractivity contribution in [1.29, 1.82) is 0 Å². The van der Waals surface area contributed by atoms with E-state index in [0.717, 1.165) is 16.6 Å². The molecule has 1 rings (SSSR count). The summed E-state index contributed by atoms with van der Waals surface area (Å²) in [4.78, 5) is 0. The van der Waals surface area contributed by atoms with Crippen LogP contribution in [0.3, 0.4) is 0 Å². The van der Waals surface area contributed by atoms with Gasteiger partial charge in [0.2, 0.25) is 0 Å². The lowest BCUT2D eigenvalue weighted by atomic mass is 10.1. The third-order valence-electron chi connectivity index (χ3n) is 2.19. The second kappa shape index (κ2) is 6.60. The predicted molar refractivity (Wildman–Crippen MR) is 81.5 cm³/mol. The molecule has 1 aromatic rings. The Bertz CT molecular complexity index is 426. The monoisotopic (exact) mass is 331 g/mol. The molecule has 0 amide bonds. The van der Waals surface area contributed by atoms with Crippen molar-refractivity contribution in [2.45, 2.75) is 26.3 Å². The van der Waals surface area contributed by atoms with Gasteiger partial charge in [0.25, 0.3) is 0 Å². The zero-order chi connectivity index (χ0) is 13.8. The topological polar surface area (TPSA) is 21.3 Å². The second-order valence-electron chi connectivity index (χ2n) is 5.22. The SMILES string of the molecule is C=C(CNC(C)(C)C)COc1cc(Br)ccc1Cl. The van der Waals surface area contributed by atoms with E-state index in [9.17, 15) is 0 Å². The molecule has 0 saturated heterocycles. The standard InChI is InChI=1S/C14H19BrClNO/c1-10(8-17-14(2,3)4)9-18-13-7-11(15)5-6-12(13)16/h5-7,17H,1,8-9H2,2-4H3. The van der Waals surface area contributed by atoms with E-state index in [1.165, 1.54) is 0 Å². The minimum Gasteiger partial charge on any atom is -0.488 e. The Labute approximate surface area is 122 Å². The summed E-state index contributed by atoms with van der Waals surface area (Å²) < 4.78 is 6.59. The maximum Gasteiger partial charge on any atom is 0.139 e. The van der Waals surface area contributed by atoms with Crippen LogP contribution in [0.15, 0.2) is 34.8 Å². The van der Waals surface area contributed by atoms with Crippen LogP contribution in [0.2, 0.25) is 5.02 Å². The van der Waals surface area contributed by atoms with Crippen LogP contribution in [0.1, 0.15) is 20.8 Å². The summed E-state index contributed by atoms with van der Waals surface area (Å²) >= 11 is 9.42. The van der Waals surface area contributed by atoms with Gasteiger partial charge in [-0.2, -0.15) is 0 Å². The van der Waals surface area contributed by atoms with E-state index >= 15 is 0 Å². The molecule has 0 aromatic heterocycles. The smallest absolute Gasteiger partial charge is 0.139 e. The van der Waals surface area contributed by atoms with Crippen LogP contribution < -0.4 is 10.1 Å². The molecule has 0 saturated carbocycles. The zero-order valence-electron chi connectivity index (χ0n) is 11.0. The van der Waals surface area contributed by atoms with Crippen molar-refractivity contribution in [2.24, 2.45) is 0 Å². The summed E-state index contributed by atoms with van der Waals surface area (Å²) in [5.41, 5.74) is 1.07. The van der Waals surface area contributed by atoms with Gasteiger partial charge >= 0.3 is 0 Å². The lowest BCUT2D eigenvalue weighted by Crippen LogP contribution is -2.37. The molecule has 18 heavy (non-hydrogen) atoms. The molecule has 4 heteroatoms. The fraction of sp³-hybridized carbons (Fsp3) is 0.429. The highest BCUT2D eigenvalue weighted by molar-refractivity contribution is 9.10. The molecule has 0 aliphatic heterocycles. The van der Waals surface area contributed by atoms with E-state index in [2.05, 4.69) is 48.6 Å². The minimum atomic E-state index is 0.0797. The number of nitrogens with one attached hydrogen (secondary N) is 1. The molecular formula is C14H19BrClNO. The maximum atomic E-state index is 6.04. The lowest BCUT2D eigenvalue weighted by molar-refractivity contribution is 0.341. The van der Waals surface area contributed by atoms with E-state index in [4.69, 9.17) is 16.3 Å².